The van der Waals surface area contributed by atoms with Crippen molar-refractivity contribution in [3.8, 4) is 17.9 Å². The van der Waals surface area contributed by atoms with Crippen molar-refractivity contribution in [2.24, 2.45) is 0 Å². The molecule has 0 bridgehead atoms. The van der Waals surface area contributed by atoms with Crippen LogP contribution in [0.5, 0.6) is 5.75 Å². The van der Waals surface area contributed by atoms with Crippen molar-refractivity contribution in [1.29, 1.82) is 10.5 Å². The van der Waals surface area contributed by atoms with Gasteiger partial charge in [0.1, 0.15) is 12.4 Å². The molecule has 0 aliphatic rings. The van der Waals surface area contributed by atoms with Crippen molar-refractivity contribution in [3.63, 3.8) is 0 Å². The van der Waals surface area contributed by atoms with Crippen molar-refractivity contribution in [3.05, 3.63) is 59.2 Å². The summed E-state index contributed by atoms with van der Waals surface area (Å²) in [6.07, 6.45) is -6.41. The molecule has 0 fully saturated rings. The number of alkyl halides is 3. The van der Waals surface area contributed by atoms with E-state index in [2.05, 4.69) is 5.32 Å². The van der Waals surface area contributed by atoms with Crippen LogP contribution in [0, 0.1) is 22.7 Å². The summed E-state index contributed by atoms with van der Waals surface area (Å²) in [5.74, 6) is -0.667. The predicted molar refractivity (Wildman–Crippen MR) is 87.4 cm³/mol. The number of carbonyl (C=O) groups excluding carboxylic acids is 1. The van der Waals surface area contributed by atoms with Crippen molar-refractivity contribution < 1.29 is 27.8 Å². The number of nitrogens with one attached hydrogen (secondary N) is 1. The average Bonchev–Trinajstić information content (AvgIpc) is 2.65. The highest BCUT2D eigenvalue weighted by Gasteiger charge is 2.34. The number of hydrogen-bond donors (Lipinski definition) is 2. The Morgan fingerprint density at radius 1 is 1.15 bits per heavy atom. The van der Waals surface area contributed by atoms with Crippen LogP contribution in [-0.2, 0) is 11.0 Å². The van der Waals surface area contributed by atoms with Crippen LogP contribution in [0.3, 0.4) is 0 Å². The lowest BCUT2D eigenvalue weighted by molar-refractivity contribution is -0.137. The molecule has 6 nitrogen and oxygen atoms in total. The minimum atomic E-state index is -4.76. The van der Waals surface area contributed by atoms with Crippen LogP contribution in [0.25, 0.3) is 0 Å². The van der Waals surface area contributed by atoms with Crippen molar-refractivity contribution in [2.75, 3.05) is 11.9 Å². The Morgan fingerprint density at radius 3 is 2.37 bits per heavy atom. The van der Waals surface area contributed by atoms with Crippen molar-refractivity contribution >= 4 is 11.6 Å². The summed E-state index contributed by atoms with van der Waals surface area (Å²) < 4.78 is 44.0. The number of benzene rings is 2. The van der Waals surface area contributed by atoms with Crippen LogP contribution in [0.1, 0.15) is 16.7 Å². The molecule has 2 N–H and O–H groups in total. The molecule has 0 saturated carbocycles. The highest BCUT2D eigenvalue weighted by molar-refractivity contribution is 5.94. The van der Waals surface area contributed by atoms with E-state index >= 15 is 0 Å². The Bertz CT molecular complexity index is 913. The number of aliphatic hydroxyl groups is 1. The van der Waals surface area contributed by atoms with Gasteiger partial charge < -0.3 is 15.2 Å². The largest absolute Gasteiger partial charge is 0.490 e. The number of ether oxygens (including phenoxy) is 1. The number of anilines is 1. The van der Waals surface area contributed by atoms with Gasteiger partial charge in [-0.15, -0.1) is 0 Å². The van der Waals surface area contributed by atoms with Gasteiger partial charge in [0.15, 0.2) is 6.10 Å². The summed E-state index contributed by atoms with van der Waals surface area (Å²) in [6.45, 7) is -0.444. The summed E-state index contributed by atoms with van der Waals surface area (Å²) in [5.41, 5.74) is -1.58. The Balaban J connectivity index is 2.01. The SMILES string of the molecule is N#Cc1ccc(OC[C@H](O)C(=O)Nc2ccc(C#N)c(C(F)(F)F)c2)cc1. The zero-order chi connectivity index (χ0) is 20.0. The smallest absolute Gasteiger partial charge is 0.417 e. The molecule has 2 rings (SSSR count). The van der Waals surface area contributed by atoms with E-state index in [1.807, 2.05) is 6.07 Å². The zero-order valence-corrected chi connectivity index (χ0v) is 13.6. The normalized spacial score (nSPS) is 11.8. The highest BCUT2D eigenvalue weighted by atomic mass is 19.4. The maximum absolute atomic E-state index is 12.9. The maximum atomic E-state index is 12.9. The standard InChI is InChI=1S/C18H12F3N3O3/c19-18(20,21)15-7-13(4-3-12(15)9-23)24-17(26)16(25)10-27-14-5-1-11(8-22)2-6-14/h1-7,16,25H,10H2,(H,24,26)/t16-/m0/s1. The number of nitriles is 2. The van der Waals surface area contributed by atoms with Gasteiger partial charge in [-0.1, -0.05) is 0 Å². The summed E-state index contributed by atoms with van der Waals surface area (Å²) in [5, 5.41) is 29.4. The lowest BCUT2D eigenvalue weighted by atomic mass is 10.1. The Kier molecular flexibility index (Phi) is 6.01. The molecule has 0 saturated heterocycles. The van der Waals surface area contributed by atoms with E-state index in [0.29, 0.717) is 17.4 Å². The van der Waals surface area contributed by atoms with Crippen LogP contribution in [0.4, 0.5) is 18.9 Å². The third kappa shape index (κ3) is 5.21. The molecule has 138 valence electrons. The number of carbonyl (C=O) groups is 1. The molecule has 1 atom stereocenters. The van der Waals surface area contributed by atoms with Gasteiger partial charge in [-0.25, -0.2) is 0 Å². The lowest BCUT2D eigenvalue weighted by Gasteiger charge is -2.14. The number of hydrogen-bond acceptors (Lipinski definition) is 5. The number of halogens is 3. The van der Waals surface area contributed by atoms with Gasteiger partial charge in [-0.3, -0.25) is 4.79 Å². The average molecular weight is 375 g/mol. The molecule has 0 spiro atoms. The lowest BCUT2D eigenvalue weighted by Crippen LogP contribution is -2.33. The Morgan fingerprint density at radius 2 is 1.81 bits per heavy atom. The van der Waals surface area contributed by atoms with E-state index in [0.717, 1.165) is 12.1 Å². The van der Waals surface area contributed by atoms with Crippen molar-refractivity contribution in [1.82, 2.24) is 0 Å². The first-order valence-electron chi connectivity index (χ1n) is 7.48. The number of aliphatic hydroxyl groups excluding tert-OH is 1. The van der Waals surface area contributed by atoms with Gasteiger partial charge in [-0.2, -0.15) is 23.7 Å². The first kappa shape index (κ1) is 19.8. The summed E-state index contributed by atoms with van der Waals surface area (Å²) in [4.78, 5) is 11.9. The summed E-state index contributed by atoms with van der Waals surface area (Å²) in [6, 6.07) is 11.9. The molecule has 0 aliphatic heterocycles. The maximum Gasteiger partial charge on any atom is 0.417 e. The van der Waals surface area contributed by atoms with Gasteiger partial charge >= 0.3 is 6.18 Å². The molecular weight excluding hydrogens is 363 g/mol. The molecule has 2 aromatic rings. The second-order valence-electron chi connectivity index (χ2n) is 5.32. The van der Waals surface area contributed by atoms with E-state index in [4.69, 9.17) is 15.3 Å². The summed E-state index contributed by atoms with van der Waals surface area (Å²) >= 11 is 0. The van der Waals surface area contributed by atoms with E-state index < -0.39 is 35.9 Å². The van der Waals surface area contributed by atoms with E-state index in [1.54, 1.807) is 0 Å². The second kappa shape index (κ2) is 8.21. The monoisotopic (exact) mass is 375 g/mol. The molecule has 0 aromatic heterocycles. The van der Waals surface area contributed by atoms with E-state index in [-0.39, 0.29) is 5.69 Å². The molecule has 0 heterocycles. The highest BCUT2D eigenvalue weighted by Crippen LogP contribution is 2.33. The fourth-order valence-electron chi connectivity index (χ4n) is 2.06. The van der Waals surface area contributed by atoms with Crippen LogP contribution in [0.2, 0.25) is 0 Å². The van der Waals surface area contributed by atoms with Gasteiger partial charge in [-0.05, 0) is 42.5 Å². The minimum Gasteiger partial charge on any atom is -0.490 e. The third-order valence-electron chi connectivity index (χ3n) is 3.41. The minimum absolute atomic E-state index is 0.219. The Hall–Kier alpha value is -3.56. The van der Waals surface area contributed by atoms with E-state index in [1.165, 1.54) is 30.3 Å². The first-order valence-corrected chi connectivity index (χ1v) is 7.48. The van der Waals surface area contributed by atoms with Crippen LogP contribution in [-0.4, -0.2) is 23.7 Å². The molecule has 1 amide bonds. The quantitative estimate of drug-likeness (QED) is 0.836. The Labute approximate surface area is 152 Å². The van der Waals surface area contributed by atoms with Crippen LogP contribution >= 0.6 is 0 Å². The first-order chi connectivity index (χ1) is 12.7. The van der Waals surface area contributed by atoms with Crippen LogP contribution < -0.4 is 10.1 Å². The predicted octanol–water partition coefficient (Wildman–Crippen LogP) is 2.83. The number of nitrogens with zero attached hydrogens (tertiary/aromatic N) is 2. The van der Waals surface area contributed by atoms with E-state index in [9.17, 15) is 23.1 Å². The van der Waals surface area contributed by atoms with Gasteiger partial charge in [0.05, 0.1) is 28.8 Å². The van der Waals surface area contributed by atoms with Gasteiger partial charge in [0.25, 0.3) is 5.91 Å². The van der Waals surface area contributed by atoms with Gasteiger partial charge in [0, 0.05) is 5.69 Å². The topological polar surface area (TPSA) is 106 Å². The molecular formula is C18H12F3N3O3. The molecule has 9 heteroatoms. The molecule has 2 aromatic carbocycles. The third-order valence-corrected chi connectivity index (χ3v) is 3.41. The molecule has 0 radical (unpaired) electrons. The number of amides is 1. The van der Waals surface area contributed by atoms with Crippen LogP contribution in [0.15, 0.2) is 42.5 Å². The van der Waals surface area contributed by atoms with Crippen molar-refractivity contribution in [2.45, 2.75) is 12.3 Å². The molecule has 0 unspecified atom stereocenters. The number of rotatable bonds is 5. The van der Waals surface area contributed by atoms with Gasteiger partial charge in [0.2, 0.25) is 0 Å². The second-order valence-corrected chi connectivity index (χ2v) is 5.32. The molecule has 27 heavy (non-hydrogen) atoms. The fourth-order valence-corrected chi connectivity index (χ4v) is 2.06. The zero-order valence-electron chi connectivity index (χ0n) is 13.6. The fraction of sp³-hybridized carbons (Fsp3) is 0.167. The summed E-state index contributed by atoms with van der Waals surface area (Å²) in [7, 11) is 0. The molecule has 0 aliphatic carbocycles.